The van der Waals surface area contributed by atoms with Crippen molar-refractivity contribution in [2.24, 2.45) is 5.92 Å². The summed E-state index contributed by atoms with van der Waals surface area (Å²) in [6, 6.07) is 4.03. The van der Waals surface area contributed by atoms with Gasteiger partial charge in [0.1, 0.15) is 11.9 Å². The van der Waals surface area contributed by atoms with Crippen molar-refractivity contribution in [3.8, 4) is 0 Å². The largest absolute Gasteiger partial charge is 0.367 e. The molecule has 0 saturated carbocycles. The van der Waals surface area contributed by atoms with Gasteiger partial charge in [0.05, 0.1) is 5.69 Å². The van der Waals surface area contributed by atoms with Gasteiger partial charge in [-0.25, -0.2) is 4.39 Å². The lowest BCUT2D eigenvalue weighted by atomic mass is 10.0. The zero-order chi connectivity index (χ0) is 17.7. The Morgan fingerprint density at radius 2 is 1.92 bits per heavy atom. The van der Waals surface area contributed by atoms with Crippen LogP contribution in [0.25, 0.3) is 0 Å². The molecule has 1 unspecified atom stereocenters. The summed E-state index contributed by atoms with van der Waals surface area (Å²) in [4.78, 5) is 25.5. The highest BCUT2D eigenvalue weighted by atomic mass is 19.1. The molecule has 2 rings (SSSR count). The number of benzene rings is 1. The topological polar surface area (TPSA) is 73.5 Å². The first-order valence-corrected chi connectivity index (χ1v) is 8.21. The molecule has 1 aliphatic rings. The number of rotatable bonds is 5. The molecule has 0 spiro atoms. The molecular weight excluding hydrogens is 311 g/mol. The summed E-state index contributed by atoms with van der Waals surface area (Å²) in [5, 5.41) is 8.52. The Morgan fingerprint density at radius 3 is 2.46 bits per heavy atom. The fourth-order valence-electron chi connectivity index (χ4n) is 2.72. The molecule has 1 aliphatic heterocycles. The maximum absolute atomic E-state index is 14.4. The van der Waals surface area contributed by atoms with Gasteiger partial charge in [-0.05, 0) is 24.1 Å². The Bertz CT molecular complexity index is 600. The number of amides is 2. The summed E-state index contributed by atoms with van der Waals surface area (Å²) in [7, 11) is 0. The van der Waals surface area contributed by atoms with Crippen molar-refractivity contribution < 1.29 is 14.0 Å². The lowest BCUT2D eigenvalue weighted by Crippen LogP contribution is -2.46. The molecule has 24 heavy (non-hydrogen) atoms. The number of carbonyl (C=O) groups excluding carboxylic acids is 2. The van der Waals surface area contributed by atoms with Gasteiger partial charge in [-0.2, -0.15) is 0 Å². The summed E-state index contributed by atoms with van der Waals surface area (Å²) in [5.74, 6) is -1.06. The van der Waals surface area contributed by atoms with Crippen molar-refractivity contribution in [3.63, 3.8) is 0 Å². The second-order valence-corrected chi connectivity index (χ2v) is 6.31. The van der Waals surface area contributed by atoms with Crippen LogP contribution in [0.2, 0.25) is 0 Å². The van der Waals surface area contributed by atoms with E-state index in [0.29, 0.717) is 11.4 Å². The van der Waals surface area contributed by atoms with E-state index < -0.39 is 6.04 Å². The zero-order valence-corrected chi connectivity index (χ0v) is 14.4. The third-order valence-corrected chi connectivity index (χ3v) is 3.98. The Hall–Kier alpha value is -2.15. The van der Waals surface area contributed by atoms with E-state index >= 15 is 0 Å². The van der Waals surface area contributed by atoms with Crippen molar-refractivity contribution >= 4 is 23.2 Å². The van der Waals surface area contributed by atoms with E-state index in [0.717, 1.165) is 26.2 Å². The first kappa shape index (κ1) is 18.2. The second-order valence-electron chi connectivity index (χ2n) is 6.31. The average Bonchev–Trinajstić information content (AvgIpc) is 2.53. The van der Waals surface area contributed by atoms with Crippen LogP contribution in [-0.4, -0.2) is 44.0 Å². The average molecular weight is 336 g/mol. The van der Waals surface area contributed by atoms with E-state index in [9.17, 15) is 14.0 Å². The van der Waals surface area contributed by atoms with Crippen LogP contribution in [0.4, 0.5) is 15.8 Å². The fraction of sp³-hybridized carbons (Fsp3) is 0.529. The van der Waals surface area contributed by atoms with E-state index in [2.05, 4.69) is 16.0 Å². The molecule has 0 radical (unpaired) electrons. The van der Waals surface area contributed by atoms with E-state index in [-0.39, 0.29) is 23.5 Å². The van der Waals surface area contributed by atoms with Crippen LogP contribution in [0.5, 0.6) is 0 Å². The molecular formula is C17H25FN4O2. The SMILES string of the molecule is CC(=O)NC(C(=O)Nc1ccc(N2CCNCC2)c(F)c1)C(C)C. The van der Waals surface area contributed by atoms with Crippen molar-refractivity contribution in [3.05, 3.63) is 24.0 Å². The van der Waals surface area contributed by atoms with E-state index in [1.165, 1.54) is 13.0 Å². The predicted molar refractivity (Wildman–Crippen MR) is 92.6 cm³/mol. The van der Waals surface area contributed by atoms with Gasteiger partial charge in [0.15, 0.2) is 0 Å². The van der Waals surface area contributed by atoms with Gasteiger partial charge >= 0.3 is 0 Å². The first-order chi connectivity index (χ1) is 11.4. The predicted octanol–water partition coefficient (Wildman–Crippen LogP) is 1.33. The Kier molecular flexibility index (Phi) is 6.14. The first-order valence-electron chi connectivity index (χ1n) is 8.21. The number of carbonyl (C=O) groups is 2. The molecule has 0 bridgehead atoms. The van der Waals surface area contributed by atoms with Crippen molar-refractivity contribution in [1.29, 1.82) is 0 Å². The molecule has 1 aromatic carbocycles. The van der Waals surface area contributed by atoms with Gasteiger partial charge < -0.3 is 20.9 Å². The van der Waals surface area contributed by atoms with Crippen LogP contribution in [0.3, 0.4) is 0 Å². The fourth-order valence-corrected chi connectivity index (χ4v) is 2.72. The molecule has 7 heteroatoms. The number of nitrogens with zero attached hydrogens (tertiary/aromatic N) is 1. The summed E-state index contributed by atoms with van der Waals surface area (Å²) in [6.07, 6.45) is 0. The Morgan fingerprint density at radius 1 is 1.25 bits per heavy atom. The summed E-state index contributed by atoms with van der Waals surface area (Å²) in [6.45, 7) is 8.20. The van der Waals surface area contributed by atoms with Gasteiger partial charge in [0.25, 0.3) is 0 Å². The molecule has 1 aromatic rings. The van der Waals surface area contributed by atoms with Gasteiger partial charge in [-0.15, -0.1) is 0 Å². The van der Waals surface area contributed by atoms with Gasteiger partial charge in [-0.1, -0.05) is 13.8 Å². The van der Waals surface area contributed by atoms with Crippen LogP contribution >= 0.6 is 0 Å². The smallest absolute Gasteiger partial charge is 0.247 e. The highest BCUT2D eigenvalue weighted by Gasteiger charge is 2.23. The minimum atomic E-state index is -0.654. The summed E-state index contributed by atoms with van der Waals surface area (Å²) in [5.41, 5.74) is 0.921. The standard InChI is InChI=1S/C17H25FN4O2/c1-11(2)16(20-12(3)23)17(24)21-13-4-5-15(14(18)10-13)22-8-6-19-7-9-22/h4-5,10-11,16,19H,6-9H2,1-3H3,(H,20,23)(H,21,24). The number of hydrogen-bond donors (Lipinski definition) is 3. The maximum Gasteiger partial charge on any atom is 0.247 e. The molecule has 1 atom stereocenters. The monoisotopic (exact) mass is 336 g/mol. The quantitative estimate of drug-likeness (QED) is 0.759. The number of halogens is 1. The minimum Gasteiger partial charge on any atom is -0.367 e. The van der Waals surface area contributed by atoms with E-state index in [1.54, 1.807) is 12.1 Å². The van der Waals surface area contributed by atoms with Crippen molar-refractivity contribution in [1.82, 2.24) is 10.6 Å². The number of piperazine rings is 1. The molecule has 0 aliphatic carbocycles. The van der Waals surface area contributed by atoms with Crippen LogP contribution in [0.15, 0.2) is 18.2 Å². The van der Waals surface area contributed by atoms with E-state index in [4.69, 9.17) is 0 Å². The van der Waals surface area contributed by atoms with Crippen LogP contribution in [-0.2, 0) is 9.59 Å². The van der Waals surface area contributed by atoms with Crippen molar-refractivity contribution in [2.45, 2.75) is 26.8 Å². The summed E-state index contributed by atoms with van der Waals surface area (Å²) >= 11 is 0. The molecule has 3 N–H and O–H groups in total. The lowest BCUT2D eigenvalue weighted by Gasteiger charge is -2.30. The lowest BCUT2D eigenvalue weighted by molar-refractivity contribution is -0.126. The summed E-state index contributed by atoms with van der Waals surface area (Å²) < 4.78 is 14.4. The molecule has 1 fully saturated rings. The van der Waals surface area contributed by atoms with Crippen LogP contribution < -0.4 is 20.9 Å². The normalized spacial score (nSPS) is 16.0. The van der Waals surface area contributed by atoms with Gasteiger partial charge in [0.2, 0.25) is 11.8 Å². The molecule has 1 saturated heterocycles. The van der Waals surface area contributed by atoms with E-state index in [1.807, 2.05) is 18.7 Å². The minimum absolute atomic E-state index is 0.0705. The third kappa shape index (κ3) is 4.67. The molecule has 132 valence electrons. The second kappa shape index (κ2) is 8.10. The molecule has 0 aromatic heterocycles. The van der Waals surface area contributed by atoms with Crippen LogP contribution in [0, 0.1) is 11.7 Å². The van der Waals surface area contributed by atoms with Gasteiger partial charge in [-0.3, -0.25) is 9.59 Å². The number of nitrogens with one attached hydrogen (secondary N) is 3. The maximum atomic E-state index is 14.4. The van der Waals surface area contributed by atoms with Gasteiger partial charge in [0, 0.05) is 38.8 Å². The van der Waals surface area contributed by atoms with Crippen LogP contribution in [0.1, 0.15) is 20.8 Å². The van der Waals surface area contributed by atoms with Crippen molar-refractivity contribution in [2.75, 3.05) is 36.4 Å². The number of hydrogen-bond acceptors (Lipinski definition) is 4. The molecule has 1 heterocycles. The molecule has 2 amide bonds. The number of anilines is 2. The highest BCUT2D eigenvalue weighted by molar-refractivity contribution is 5.97. The highest BCUT2D eigenvalue weighted by Crippen LogP contribution is 2.23. The third-order valence-electron chi connectivity index (χ3n) is 3.98. The molecule has 6 nitrogen and oxygen atoms in total. The Balaban J connectivity index is 2.07. The Labute approximate surface area is 141 Å². The zero-order valence-electron chi connectivity index (χ0n) is 14.4.